The van der Waals surface area contributed by atoms with Crippen molar-refractivity contribution in [3.8, 4) is 0 Å². The monoisotopic (exact) mass is 272 g/mol. The molecule has 0 aliphatic heterocycles. The highest BCUT2D eigenvalue weighted by Gasteiger charge is 2.57. The summed E-state index contributed by atoms with van der Waals surface area (Å²) in [4.78, 5) is 0. The molecule has 0 unspecified atom stereocenters. The number of hydrogen-bond acceptors (Lipinski definition) is 4. The van der Waals surface area contributed by atoms with Crippen LogP contribution < -0.4 is 0 Å². The normalized spacial score (nSPS) is 51.8. The molecule has 0 amide bonds. The third kappa shape index (κ3) is 2.33. The smallest absolute Gasteiger partial charge is 0.0644 e. The molecule has 7 atom stereocenters. The zero-order valence-electron chi connectivity index (χ0n) is 12.4. The van der Waals surface area contributed by atoms with Crippen LogP contribution >= 0.6 is 0 Å². The van der Waals surface area contributed by atoms with Crippen molar-refractivity contribution in [3.63, 3.8) is 0 Å². The Morgan fingerprint density at radius 3 is 2.26 bits per heavy atom. The fraction of sp³-hybridized carbons (Fsp3) is 1.00. The Morgan fingerprint density at radius 2 is 1.74 bits per heavy atom. The molecule has 4 heteroatoms. The Kier molecular flexibility index (Phi) is 3.76. The Hall–Kier alpha value is -0.160. The highest BCUT2D eigenvalue weighted by Crippen LogP contribution is 2.55. The molecule has 0 radical (unpaired) electrons. The van der Waals surface area contributed by atoms with Gasteiger partial charge in [0.25, 0.3) is 0 Å². The van der Waals surface area contributed by atoms with Crippen molar-refractivity contribution in [1.82, 2.24) is 0 Å². The van der Waals surface area contributed by atoms with Crippen LogP contribution in [-0.2, 0) is 0 Å². The van der Waals surface area contributed by atoms with Crippen molar-refractivity contribution in [1.29, 1.82) is 0 Å². The average molecular weight is 272 g/mol. The number of aliphatic hydroxyl groups excluding tert-OH is 3. The van der Waals surface area contributed by atoms with E-state index in [1.54, 1.807) is 13.8 Å². The number of rotatable bonds is 1. The van der Waals surface area contributed by atoms with E-state index in [9.17, 15) is 20.4 Å². The lowest BCUT2D eigenvalue weighted by Gasteiger charge is -2.58. The summed E-state index contributed by atoms with van der Waals surface area (Å²) < 4.78 is 0. The van der Waals surface area contributed by atoms with Gasteiger partial charge in [0, 0.05) is 12.3 Å². The molecular weight excluding hydrogens is 244 g/mol. The van der Waals surface area contributed by atoms with Crippen LogP contribution in [0.25, 0.3) is 0 Å². The molecule has 0 aromatic rings. The van der Waals surface area contributed by atoms with E-state index in [4.69, 9.17) is 0 Å². The van der Waals surface area contributed by atoms with Crippen LogP contribution in [0.3, 0.4) is 0 Å². The van der Waals surface area contributed by atoms with E-state index >= 15 is 0 Å². The third-order valence-electron chi connectivity index (χ3n) is 5.84. The minimum Gasteiger partial charge on any atom is -0.393 e. The van der Waals surface area contributed by atoms with E-state index in [1.165, 1.54) is 0 Å². The predicted octanol–water partition coefficient (Wildman–Crippen LogP) is 0.912. The molecule has 2 aliphatic carbocycles. The van der Waals surface area contributed by atoms with Crippen LogP contribution in [-0.4, -0.2) is 44.3 Å². The number of hydrogen-bond donors (Lipinski definition) is 4. The van der Waals surface area contributed by atoms with Crippen molar-refractivity contribution >= 4 is 0 Å². The second-order valence-corrected chi connectivity index (χ2v) is 7.50. The van der Waals surface area contributed by atoms with Gasteiger partial charge in [0.2, 0.25) is 0 Å². The van der Waals surface area contributed by atoms with E-state index in [-0.39, 0.29) is 23.2 Å². The van der Waals surface area contributed by atoms with Gasteiger partial charge in [-0.05, 0) is 43.9 Å². The largest absolute Gasteiger partial charge is 0.393 e. The van der Waals surface area contributed by atoms with Gasteiger partial charge in [-0.15, -0.1) is 0 Å². The summed E-state index contributed by atoms with van der Waals surface area (Å²) in [7, 11) is 0. The van der Waals surface area contributed by atoms with Gasteiger partial charge in [0.05, 0.1) is 23.9 Å². The second-order valence-electron chi connectivity index (χ2n) is 7.50. The fourth-order valence-corrected chi connectivity index (χ4v) is 4.47. The van der Waals surface area contributed by atoms with Crippen LogP contribution in [0.5, 0.6) is 0 Å². The second kappa shape index (κ2) is 4.69. The quantitative estimate of drug-likeness (QED) is 0.572. The zero-order valence-corrected chi connectivity index (χ0v) is 12.4. The molecule has 0 aromatic heterocycles. The first-order valence-electron chi connectivity index (χ1n) is 7.35. The molecule has 0 heterocycles. The first-order chi connectivity index (χ1) is 8.59. The summed E-state index contributed by atoms with van der Waals surface area (Å²) in [6, 6.07) is 0. The minimum absolute atomic E-state index is 0.0615. The van der Waals surface area contributed by atoms with Crippen molar-refractivity contribution in [3.05, 3.63) is 0 Å². The molecule has 0 bridgehead atoms. The van der Waals surface area contributed by atoms with Gasteiger partial charge in [-0.1, -0.05) is 13.8 Å². The molecule has 0 spiro atoms. The highest BCUT2D eigenvalue weighted by molar-refractivity contribution is 5.07. The molecule has 0 aromatic carbocycles. The third-order valence-corrected chi connectivity index (χ3v) is 5.84. The molecule has 2 fully saturated rings. The summed E-state index contributed by atoms with van der Waals surface area (Å²) in [5.74, 6) is -0.435. The molecule has 19 heavy (non-hydrogen) atoms. The lowest BCUT2D eigenvalue weighted by atomic mass is 9.51. The van der Waals surface area contributed by atoms with Crippen LogP contribution in [0.4, 0.5) is 0 Å². The Bertz CT molecular complexity index is 338. The Balaban J connectivity index is 2.33. The Labute approximate surface area is 115 Å². The standard InChI is InChI=1S/C15H28O4/c1-8-10(16)7-11(17)15(4)6-5-9(14(2,3)19)13(18)12(8)15/h8-13,16-19H,5-7H2,1-4H3/t8-,9+,10-,11-,12-,13+,15+/m0/s1. The first-order valence-corrected chi connectivity index (χ1v) is 7.35. The molecule has 2 saturated carbocycles. The van der Waals surface area contributed by atoms with Crippen LogP contribution in [0.2, 0.25) is 0 Å². The van der Waals surface area contributed by atoms with E-state index in [2.05, 4.69) is 0 Å². The molecule has 112 valence electrons. The lowest BCUT2D eigenvalue weighted by Crippen LogP contribution is -2.61. The molecule has 4 N–H and O–H groups in total. The summed E-state index contributed by atoms with van der Waals surface area (Å²) in [5, 5.41) is 41.3. The minimum atomic E-state index is -0.937. The van der Waals surface area contributed by atoms with Gasteiger partial charge >= 0.3 is 0 Å². The molecule has 4 nitrogen and oxygen atoms in total. The maximum Gasteiger partial charge on any atom is 0.0644 e. The van der Waals surface area contributed by atoms with Gasteiger partial charge in [-0.2, -0.15) is 0 Å². The van der Waals surface area contributed by atoms with Gasteiger partial charge in [-0.3, -0.25) is 0 Å². The van der Waals surface area contributed by atoms with E-state index in [0.717, 1.165) is 6.42 Å². The number of aliphatic hydroxyl groups is 4. The van der Waals surface area contributed by atoms with Gasteiger partial charge in [0.1, 0.15) is 0 Å². The van der Waals surface area contributed by atoms with Crippen molar-refractivity contribution in [2.75, 3.05) is 0 Å². The van der Waals surface area contributed by atoms with Crippen molar-refractivity contribution in [2.45, 2.75) is 70.9 Å². The first kappa shape index (κ1) is 15.2. The molecule has 2 rings (SSSR count). The van der Waals surface area contributed by atoms with Gasteiger partial charge in [-0.25, -0.2) is 0 Å². The van der Waals surface area contributed by atoms with E-state index < -0.39 is 23.9 Å². The van der Waals surface area contributed by atoms with Crippen LogP contribution in [0.15, 0.2) is 0 Å². The van der Waals surface area contributed by atoms with Crippen molar-refractivity contribution < 1.29 is 20.4 Å². The SMILES string of the molecule is C[C@@H]1[C@H]2[C@H](O)[C@H](C(C)(C)O)CC[C@]2(C)[C@@H](O)C[C@@H]1O. The summed E-state index contributed by atoms with van der Waals surface area (Å²) >= 11 is 0. The fourth-order valence-electron chi connectivity index (χ4n) is 4.47. The lowest BCUT2D eigenvalue weighted by molar-refractivity contribution is -0.207. The molecular formula is C15H28O4. The average Bonchev–Trinajstić information content (AvgIpc) is 2.25. The number of fused-ring (bicyclic) bond motifs is 1. The maximum atomic E-state index is 10.7. The predicted molar refractivity (Wildman–Crippen MR) is 72.4 cm³/mol. The molecule has 2 aliphatic rings. The topological polar surface area (TPSA) is 80.9 Å². The summed E-state index contributed by atoms with van der Waals surface area (Å²) in [5.41, 5.74) is -1.30. The summed E-state index contributed by atoms with van der Waals surface area (Å²) in [6.45, 7) is 7.40. The summed E-state index contributed by atoms with van der Waals surface area (Å²) in [6.07, 6.45) is 0.0236. The Morgan fingerprint density at radius 1 is 1.16 bits per heavy atom. The maximum absolute atomic E-state index is 10.7. The van der Waals surface area contributed by atoms with E-state index in [0.29, 0.717) is 12.8 Å². The van der Waals surface area contributed by atoms with Crippen LogP contribution in [0, 0.1) is 23.2 Å². The van der Waals surface area contributed by atoms with Gasteiger partial charge in [0.15, 0.2) is 0 Å². The van der Waals surface area contributed by atoms with Crippen LogP contribution in [0.1, 0.15) is 47.0 Å². The van der Waals surface area contributed by atoms with E-state index in [1.807, 2.05) is 13.8 Å². The highest BCUT2D eigenvalue weighted by atomic mass is 16.3. The van der Waals surface area contributed by atoms with Crippen molar-refractivity contribution in [2.24, 2.45) is 23.2 Å². The molecule has 0 saturated heterocycles. The zero-order chi connectivity index (χ0) is 14.6. The van der Waals surface area contributed by atoms with Gasteiger partial charge < -0.3 is 20.4 Å².